The second kappa shape index (κ2) is 9.55. The number of hydrogen-bond donors (Lipinski definition) is 2. The molecule has 2 aromatic carbocycles. The number of rotatable bonds is 8. The van der Waals surface area contributed by atoms with Crippen molar-refractivity contribution in [2.24, 2.45) is 0 Å². The molecule has 144 valence electrons. The lowest BCUT2D eigenvalue weighted by Crippen LogP contribution is -2.25. The first-order valence-corrected chi connectivity index (χ1v) is 9.30. The van der Waals surface area contributed by atoms with Gasteiger partial charge in [0.1, 0.15) is 11.6 Å². The van der Waals surface area contributed by atoms with Crippen LogP contribution in [0.3, 0.4) is 0 Å². The smallest absolute Gasteiger partial charge is 0.252 e. The van der Waals surface area contributed by atoms with Gasteiger partial charge in [-0.2, -0.15) is 0 Å². The number of amides is 1. The fraction of sp³-hybridized carbons (Fsp3) is 0.217. The summed E-state index contributed by atoms with van der Waals surface area (Å²) in [6.07, 6.45) is 2.34. The van der Waals surface area contributed by atoms with Gasteiger partial charge in [0.05, 0.1) is 12.7 Å². The van der Waals surface area contributed by atoms with Gasteiger partial charge < -0.3 is 15.4 Å². The summed E-state index contributed by atoms with van der Waals surface area (Å²) in [5, 5.41) is 6.19. The molecule has 0 bridgehead atoms. The van der Waals surface area contributed by atoms with Crippen LogP contribution in [0.1, 0.15) is 27.0 Å². The zero-order valence-electron chi connectivity index (χ0n) is 16.2. The molecule has 28 heavy (non-hydrogen) atoms. The number of aromatic nitrogens is 1. The van der Waals surface area contributed by atoms with E-state index in [4.69, 9.17) is 4.74 Å². The summed E-state index contributed by atoms with van der Waals surface area (Å²) < 4.78 is 5.21. The summed E-state index contributed by atoms with van der Waals surface area (Å²) in [6.45, 7) is 3.32. The topological polar surface area (TPSA) is 63.2 Å². The standard InChI is InChI=1S/C23H25N3O2/c1-17-6-8-19(9-7-17)15-25-22-11-10-20(16-26-22)23(27)24-13-12-18-4-3-5-21(14-18)28-2/h3-11,14,16H,12-13,15H2,1-2H3,(H,24,27)(H,25,26). The van der Waals surface area contributed by atoms with Crippen molar-refractivity contribution in [1.82, 2.24) is 10.3 Å². The van der Waals surface area contributed by atoms with Crippen molar-refractivity contribution in [1.29, 1.82) is 0 Å². The minimum Gasteiger partial charge on any atom is -0.497 e. The van der Waals surface area contributed by atoms with Gasteiger partial charge in [0.2, 0.25) is 0 Å². The Balaban J connectivity index is 1.47. The lowest BCUT2D eigenvalue weighted by atomic mass is 10.1. The summed E-state index contributed by atoms with van der Waals surface area (Å²) in [4.78, 5) is 16.6. The van der Waals surface area contributed by atoms with Crippen LogP contribution in [0.25, 0.3) is 0 Å². The van der Waals surface area contributed by atoms with Crippen molar-refractivity contribution in [2.75, 3.05) is 19.0 Å². The number of anilines is 1. The van der Waals surface area contributed by atoms with E-state index in [1.807, 2.05) is 30.3 Å². The zero-order chi connectivity index (χ0) is 19.8. The van der Waals surface area contributed by atoms with Crippen LogP contribution in [-0.2, 0) is 13.0 Å². The number of methoxy groups -OCH3 is 1. The fourth-order valence-electron chi connectivity index (χ4n) is 2.78. The van der Waals surface area contributed by atoms with E-state index in [0.717, 1.165) is 23.6 Å². The third-order valence-corrected chi connectivity index (χ3v) is 4.45. The fourth-order valence-corrected chi connectivity index (χ4v) is 2.78. The Bertz CT molecular complexity index is 906. The van der Waals surface area contributed by atoms with Crippen molar-refractivity contribution in [3.63, 3.8) is 0 Å². The molecule has 5 nitrogen and oxygen atoms in total. The van der Waals surface area contributed by atoms with Crippen molar-refractivity contribution in [2.45, 2.75) is 19.9 Å². The van der Waals surface area contributed by atoms with Gasteiger partial charge in [0.25, 0.3) is 5.91 Å². The zero-order valence-corrected chi connectivity index (χ0v) is 16.2. The van der Waals surface area contributed by atoms with Crippen LogP contribution in [0.5, 0.6) is 5.75 Å². The highest BCUT2D eigenvalue weighted by Crippen LogP contribution is 2.13. The van der Waals surface area contributed by atoms with Crippen LogP contribution in [0.2, 0.25) is 0 Å². The predicted octanol–water partition coefficient (Wildman–Crippen LogP) is 3.98. The Morgan fingerprint density at radius 2 is 1.86 bits per heavy atom. The first-order valence-electron chi connectivity index (χ1n) is 9.30. The molecule has 1 aromatic heterocycles. The molecule has 0 aliphatic carbocycles. The first kappa shape index (κ1) is 19.4. The van der Waals surface area contributed by atoms with E-state index in [0.29, 0.717) is 18.7 Å². The number of hydrogen-bond acceptors (Lipinski definition) is 4. The van der Waals surface area contributed by atoms with Crippen molar-refractivity contribution >= 4 is 11.7 Å². The Morgan fingerprint density at radius 1 is 1.04 bits per heavy atom. The maximum Gasteiger partial charge on any atom is 0.252 e. The summed E-state index contributed by atoms with van der Waals surface area (Å²) in [5.41, 5.74) is 4.09. The Kier molecular flexibility index (Phi) is 6.63. The quantitative estimate of drug-likeness (QED) is 0.625. The molecule has 0 aliphatic rings. The van der Waals surface area contributed by atoms with Gasteiger partial charge in [-0.05, 0) is 48.7 Å². The molecule has 1 heterocycles. The molecule has 0 saturated heterocycles. The second-order valence-corrected chi connectivity index (χ2v) is 6.63. The molecular weight excluding hydrogens is 350 g/mol. The van der Waals surface area contributed by atoms with Gasteiger partial charge in [-0.25, -0.2) is 4.98 Å². The summed E-state index contributed by atoms with van der Waals surface area (Å²) >= 11 is 0. The molecule has 0 fully saturated rings. The van der Waals surface area contributed by atoms with E-state index in [9.17, 15) is 4.79 Å². The molecule has 5 heteroatoms. The molecule has 0 atom stereocenters. The molecule has 3 rings (SSSR count). The molecule has 2 N–H and O–H groups in total. The predicted molar refractivity (Wildman–Crippen MR) is 112 cm³/mol. The Labute approximate surface area is 165 Å². The summed E-state index contributed by atoms with van der Waals surface area (Å²) in [6, 6.07) is 19.8. The number of nitrogens with one attached hydrogen (secondary N) is 2. The average Bonchev–Trinajstić information content (AvgIpc) is 2.74. The van der Waals surface area contributed by atoms with E-state index < -0.39 is 0 Å². The number of carbonyl (C=O) groups excluding carboxylic acids is 1. The van der Waals surface area contributed by atoms with Gasteiger partial charge in [-0.3, -0.25) is 4.79 Å². The highest BCUT2D eigenvalue weighted by atomic mass is 16.5. The number of ether oxygens (including phenoxy) is 1. The van der Waals surface area contributed by atoms with Crippen LogP contribution in [-0.4, -0.2) is 24.5 Å². The van der Waals surface area contributed by atoms with Crippen molar-refractivity contribution < 1.29 is 9.53 Å². The van der Waals surface area contributed by atoms with Gasteiger partial charge in [0.15, 0.2) is 0 Å². The van der Waals surface area contributed by atoms with Gasteiger partial charge in [0, 0.05) is 19.3 Å². The lowest BCUT2D eigenvalue weighted by molar-refractivity contribution is 0.0954. The molecule has 1 amide bonds. The average molecular weight is 375 g/mol. The SMILES string of the molecule is COc1cccc(CCNC(=O)c2ccc(NCc3ccc(C)cc3)nc2)c1. The number of nitrogens with zero attached hydrogens (tertiary/aromatic N) is 1. The molecule has 0 saturated carbocycles. The summed E-state index contributed by atoms with van der Waals surface area (Å²) in [5.74, 6) is 1.44. The Hall–Kier alpha value is -3.34. The van der Waals surface area contributed by atoms with Crippen LogP contribution < -0.4 is 15.4 Å². The van der Waals surface area contributed by atoms with Gasteiger partial charge >= 0.3 is 0 Å². The maximum absolute atomic E-state index is 12.3. The first-order chi connectivity index (χ1) is 13.6. The monoisotopic (exact) mass is 375 g/mol. The number of pyridine rings is 1. The van der Waals surface area contributed by atoms with Gasteiger partial charge in [-0.15, -0.1) is 0 Å². The van der Waals surface area contributed by atoms with E-state index in [1.54, 1.807) is 19.4 Å². The molecule has 0 spiro atoms. The largest absolute Gasteiger partial charge is 0.497 e. The summed E-state index contributed by atoms with van der Waals surface area (Å²) in [7, 11) is 1.65. The minimum atomic E-state index is -0.125. The molecular formula is C23H25N3O2. The number of carbonyl (C=O) groups is 1. The van der Waals surface area contributed by atoms with E-state index in [1.165, 1.54) is 11.1 Å². The normalized spacial score (nSPS) is 10.4. The molecule has 0 aliphatic heterocycles. The highest BCUT2D eigenvalue weighted by Gasteiger charge is 2.06. The van der Waals surface area contributed by atoms with Crippen LogP contribution in [0.4, 0.5) is 5.82 Å². The van der Waals surface area contributed by atoms with E-state index in [-0.39, 0.29) is 5.91 Å². The third kappa shape index (κ3) is 5.58. The minimum absolute atomic E-state index is 0.125. The molecule has 3 aromatic rings. The van der Waals surface area contributed by atoms with Crippen LogP contribution in [0.15, 0.2) is 66.9 Å². The van der Waals surface area contributed by atoms with Crippen LogP contribution >= 0.6 is 0 Å². The van der Waals surface area contributed by atoms with Crippen LogP contribution in [0, 0.1) is 6.92 Å². The van der Waals surface area contributed by atoms with Crippen molar-refractivity contribution in [3.8, 4) is 5.75 Å². The maximum atomic E-state index is 12.3. The van der Waals surface area contributed by atoms with E-state index >= 15 is 0 Å². The highest BCUT2D eigenvalue weighted by molar-refractivity contribution is 5.94. The third-order valence-electron chi connectivity index (χ3n) is 4.45. The molecule has 0 unspecified atom stereocenters. The lowest BCUT2D eigenvalue weighted by Gasteiger charge is -2.08. The second-order valence-electron chi connectivity index (χ2n) is 6.63. The molecule has 0 radical (unpaired) electrons. The van der Waals surface area contributed by atoms with E-state index in [2.05, 4.69) is 46.8 Å². The Morgan fingerprint density at radius 3 is 2.57 bits per heavy atom. The number of aryl methyl sites for hydroxylation is 1. The van der Waals surface area contributed by atoms with Crippen molar-refractivity contribution in [3.05, 3.63) is 89.1 Å². The number of benzene rings is 2. The van der Waals surface area contributed by atoms with Gasteiger partial charge in [-0.1, -0.05) is 42.0 Å².